The third-order valence-corrected chi connectivity index (χ3v) is 3.43. The van der Waals surface area contributed by atoms with Gasteiger partial charge in [0.05, 0.1) is 6.54 Å². The number of benzene rings is 1. The summed E-state index contributed by atoms with van der Waals surface area (Å²) in [6.07, 6.45) is 3.12. The fraction of sp³-hybridized carbons (Fsp3) is 0.467. The van der Waals surface area contributed by atoms with E-state index in [0.29, 0.717) is 17.3 Å². The van der Waals surface area contributed by atoms with Crippen LogP contribution >= 0.6 is 11.6 Å². The number of hydrogen-bond acceptors (Lipinski definition) is 2. The minimum Gasteiger partial charge on any atom is -0.338 e. The Balaban J connectivity index is 2.31. The van der Waals surface area contributed by atoms with Crippen LogP contribution in [0.15, 0.2) is 18.2 Å². The molecule has 0 fully saturated rings. The van der Waals surface area contributed by atoms with E-state index in [4.69, 9.17) is 11.6 Å². The van der Waals surface area contributed by atoms with Gasteiger partial charge in [-0.25, -0.2) is 4.79 Å². The first-order valence-corrected chi connectivity index (χ1v) is 7.49. The van der Waals surface area contributed by atoms with Crippen LogP contribution in [0.25, 0.3) is 0 Å². The van der Waals surface area contributed by atoms with Gasteiger partial charge in [-0.05, 0) is 31.0 Å². The number of amides is 3. The molecule has 3 amide bonds. The van der Waals surface area contributed by atoms with Crippen molar-refractivity contribution >= 4 is 29.2 Å². The summed E-state index contributed by atoms with van der Waals surface area (Å²) in [7, 11) is 0. The van der Waals surface area contributed by atoms with Crippen molar-refractivity contribution in [3.05, 3.63) is 28.8 Å². The van der Waals surface area contributed by atoms with E-state index in [2.05, 4.69) is 22.9 Å². The third kappa shape index (κ3) is 6.49. The summed E-state index contributed by atoms with van der Waals surface area (Å²) >= 11 is 5.98. The Morgan fingerprint density at radius 3 is 2.67 bits per heavy atom. The first-order valence-electron chi connectivity index (χ1n) is 7.11. The number of hydrogen-bond donors (Lipinski definition) is 3. The molecule has 0 saturated heterocycles. The average Bonchev–Trinajstić information content (AvgIpc) is 2.46. The van der Waals surface area contributed by atoms with Crippen molar-refractivity contribution in [2.24, 2.45) is 0 Å². The largest absolute Gasteiger partial charge is 0.338 e. The van der Waals surface area contributed by atoms with Crippen molar-refractivity contribution in [3.63, 3.8) is 0 Å². The molecule has 0 aromatic heterocycles. The van der Waals surface area contributed by atoms with Gasteiger partial charge < -0.3 is 16.0 Å². The molecule has 0 atom stereocenters. The topological polar surface area (TPSA) is 70.2 Å². The molecule has 0 spiro atoms. The van der Waals surface area contributed by atoms with Crippen molar-refractivity contribution in [1.82, 2.24) is 10.6 Å². The van der Waals surface area contributed by atoms with Crippen molar-refractivity contribution in [3.8, 4) is 0 Å². The number of carbonyl (C=O) groups excluding carboxylic acids is 2. The second-order valence-electron chi connectivity index (χ2n) is 4.78. The maximum atomic E-state index is 11.8. The van der Waals surface area contributed by atoms with E-state index in [1.807, 2.05) is 6.92 Å². The standard InChI is InChI=1S/C15H22ClN3O2/c1-3-4-5-9-17-15(21)18-10-14(20)19-13-8-6-7-12(16)11(13)2/h6-8H,3-5,9-10H2,1-2H3,(H,19,20)(H2,17,18,21). The van der Waals surface area contributed by atoms with Crippen LogP contribution in [0.3, 0.4) is 0 Å². The molecule has 116 valence electrons. The van der Waals surface area contributed by atoms with E-state index in [-0.39, 0.29) is 18.5 Å². The SMILES string of the molecule is CCCCCNC(=O)NCC(=O)Nc1cccc(Cl)c1C. The molecule has 21 heavy (non-hydrogen) atoms. The van der Waals surface area contributed by atoms with E-state index < -0.39 is 0 Å². The molecule has 0 aliphatic rings. The highest BCUT2D eigenvalue weighted by Gasteiger charge is 2.08. The maximum Gasteiger partial charge on any atom is 0.315 e. The number of halogens is 1. The van der Waals surface area contributed by atoms with Gasteiger partial charge in [-0.1, -0.05) is 37.4 Å². The number of carbonyl (C=O) groups is 2. The molecule has 0 aliphatic carbocycles. The van der Waals surface area contributed by atoms with E-state index in [1.54, 1.807) is 18.2 Å². The number of rotatable bonds is 7. The van der Waals surface area contributed by atoms with Crippen LogP contribution < -0.4 is 16.0 Å². The number of unbranched alkanes of at least 4 members (excludes halogenated alkanes) is 2. The average molecular weight is 312 g/mol. The van der Waals surface area contributed by atoms with E-state index in [0.717, 1.165) is 24.8 Å². The predicted molar refractivity (Wildman–Crippen MR) is 85.7 cm³/mol. The molecule has 5 nitrogen and oxygen atoms in total. The Bertz CT molecular complexity index is 492. The fourth-order valence-corrected chi connectivity index (χ4v) is 1.91. The number of urea groups is 1. The second-order valence-corrected chi connectivity index (χ2v) is 5.18. The minimum absolute atomic E-state index is 0.0778. The first kappa shape index (κ1) is 17.3. The van der Waals surface area contributed by atoms with Gasteiger partial charge in [0.1, 0.15) is 0 Å². The highest BCUT2D eigenvalue weighted by molar-refractivity contribution is 6.31. The van der Waals surface area contributed by atoms with Gasteiger partial charge in [-0.15, -0.1) is 0 Å². The van der Waals surface area contributed by atoms with Gasteiger partial charge in [-0.2, -0.15) is 0 Å². The normalized spacial score (nSPS) is 10.0. The van der Waals surface area contributed by atoms with Crippen LogP contribution in [-0.2, 0) is 4.79 Å². The Labute approximate surface area is 130 Å². The van der Waals surface area contributed by atoms with Gasteiger partial charge in [0.15, 0.2) is 0 Å². The highest BCUT2D eigenvalue weighted by atomic mass is 35.5. The molecular weight excluding hydrogens is 290 g/mol. The zero-order valence-electron chi connectivity index (χ0n) is 12.5. The van der Waals surface area contributed by atoms with Crippen LogP contribution in [0.1, 0.15) is 31.7 Å². The first-order chi connectivity index (χ1) is 10.0. The monoisotopic (exact) mass is 311 g/mol. The Hall–Kier alpha value is -1.75. The van der Waals surface area contributed by atoms with Crippen molar-refractivity contribution in [2.45, 2.75) is 33.1 Å². The highest BCUT2D eigenvalue weighted by Crippen LogP contribution is 2.22. The quantitative estimate of drug-likeness (QED) is 0.677. The molecule has 1 rings (SSSR count). The summed E-state index contributed by atoms with van der Waals surface area (Å²) in [5, 5.41) is 8.53. The third-order valence-electron chi connectivity index (χ3n) is 3.02. The lowest BCUT2D eigenvalue weighted by Gasteiger charge is -2.10. The zero-order chi connectivity index (χ0) is 15.7. The van der Waals surface area contributed by atoms with Gasteiger partial charge >= 0.3 is 6.03 Å². The van der Waals surface area contributed by atoms with Crippen molar-refractivity contribution in [1.29, 1.82) is 0 Å². The molecule has 0 bridgehead atoms. The van der Waals surface area contributed by atoms with Crippen LogP contribution in [0.4, 0.5) is 10.5 Å². The zero-order valence-corrected chi connectivity index (χ0v) is 13.2. The maximum absolute atomic E-state index is 11.8. The molecule has 3 N–H and O–H groups in total. The van der Waals surface area contributed by atoms with Gasteiger partial charge in [-0.3, -0.25) is 4.79 Å². The van der Waals surface area contributed by atoms with Gasteiger partial charge in [0.2, 0.25) is 5.91 Å². The van der Waals surface area contributed by atoms with E-state index in [1.165, 1.54) is 0 Å². The van der Waals surface area contributed by atoms with Gasteiger partial charge in [0, 0.05) is 17.3 Å². The summed E-state index contributed by atoms with van der Waals surface area (Å²) in [5.41, 5.74) is 1.45. The summed E-state index contributed by atoms with van der Waals surface area (Å²) in [5.74, 6) is -0.288. The lowest BCUT2D eigenvalue weighted by molar-refractivity contribution is -0.115. The summed E-state index contributed by atoms with van der Waals surface area (Å²) in [6.45, 7) is 4.47. The van der Waals surface area contributed by atoms with Crippen molar-refractivity contribution in [2.75, 3.05) is 18.4 Å². The molecule has 0 unspecified atom stereocenters. The Morgan fingerprint density at radius 1 is 1.19 bits per heavy atom. The molecule has 1 aromatic carbocycles. The lowest BCUT2D eigenvalue weighted by atomic mass is 10.2. The molecule has 0 radical (unpaired) electrons. The molecule has 0 saturated carbocycles. The summed E-state index contributed by atoms with van der Waals surface area (Å²) < 4.78 is 0. The molecule has 6 heteroatoms. The summed E-state index contributed by atoms with van der Waals surface area (Å²) in [4.78, 5) is 23.2. The second kappa shape index (κ2) is 9.23. The molecule has 1 aromatic rings. The number of anilines is 1. The molecule has 0 heterocycles. The van der Waals surface area contributed by atoms with Gasteiger partial charge in [0.25, 0.3) is 0 Å². The fourth-order valence-electron chi connectivity index (χ4n) is 1.74. The summed E-state index contributed by atoms with van der Waals surface area (Å²) in [6, 6.07) is 4.96. The lowest BCUT2D eigenvalue weighted by Crippen LogP contribution is -2.40. The number of nitrogens with one attached hydrogen (secondary N) is 3. The van der Waals surface area contributed by atoms with Crippen LogP contribution in [0.2, 0.25) is 5.02 Å². The minimum atomic E-state index is -0.330. The van der Waals surface area contributed by atoms with Crippen LogP contribution in [-0.4, -0.2) is 25.0 Å². The van der Waals surface area contributed by atoms with E-state index in [9.17, 15) is 9.59 Å². The van der Waals surface area contributed by atoms with Crippen LogP contribution in [0.5, 0.6) is 0 Å². The smallest absolute Gasteiger partial charge is 0.315 e. The molecule has 0 aliphatic heterocycles. The predicted octanol–water partition coefficient (Wildman–Crippen LogP) is 3.08. The van der Waals surface area contributed by atoms with Crippen molar-refractivity contribution < 1.29 is 9.59 Å². The Morgan fingerprint density at radius 2 is 1.95 bits per heavy atom. The Kier molecular flexibility index (Phi) is 7.61. The van der Waals surface area contributed by atoms with Crippen LogP contribution in [0, 0.1) is 6.92 Å². The van der Waals surface area contributed by atoms with E-state index >= 15 is 0 Å². The molecular formula is C15H22ClN3O2.